The van der Waals surface area contributed by atoms with Crippen LogP contribution in [0, 0.1) is 0 Å². The van der Waals surface area contributed by atoms with E-state index in [9.17, 15) is 0 Å². The van der Waals surface area contributed by atoms with E-state index in [-0.39, 0.29) is 5.41 Å². The number of fused-ring (bicyclic) bond motifs is 20. The lowest BCUT2D eigenvalue weighted by Gasteiger charge is -2.23. The number of hydrogen-bond donors (Lipinski definition) is 0. The van der Waals surface area contributed by atoms with Gasteiger partial charge in [0.25, 0.3) is 0 Å². The topological polar surface area (TPSA) is 26.3 Å². The second-order valence-corrected chi connectivity index (χ2v) is 23.6. The highest BCUT2D eigenvalue weighted by atomic mass is 32.1. The van der Waals surface area contributed by atoms with Crippen LogP contribution in [0.15, 0.2) is 251 Å². The highest BCUT2D eigenvalue weighted by Crippen LogP contribution is 2.60. The van der Waals surface area contributed by atoms with Crippen molar-refractivity contribution in [1.82, 2.24) is 0 Å². The number of para-hydroxylation sites is 1. The van der Waals surface area contributed by atoms with Gasteiger partial charge < -0.3 is 8.83 Å². The summed E-state index contributed by atoms with van der Waals surface area (Å²) in [6.45, 7) is 4.88. The van der Waals surface area contributed by atoms with Gasteiger partial charge in [0, 0.05) is 52.7 Å². The Labute approximate surface area is 464 Å². The van der Waals surface area contributed by atoms with Crippen molar-refractivity contribution in [3.8, 4) is 55.6 Å². The van der Waals surface area contributed by atoms with Crippen LogP contribution in [-0.4, -0.2) is 0 Å². The number of benzene rings is 14. The van der Waals surface area contributed by atoms with Gasteiger partial charge in [0.05, 0.1) is 0 Å². The lowest BCUT2D eigenvalue weighted by molar-refractivity contribution is 0.658. The average Bonchev–Trinajstić information content (AvgIpc) is 4.42. The Balaban J connectivity index is 0.844. The minimum absolute atomic E-state index is 0.366. The van der Waals surface area contributed by atoms with Crippen molar-refractivity contribution >= 4 is 129 Å². The molecule has 1 aliphatic rings. The predicted octanol–water partition coefficient (Wildman–Crippen LogP) is 22.6. The fourth-order valence-corrected chi connectivity index (χ4v) is 16.0. The zero-order valence-electron chi connectivity index (χ0n) is 43.8. The van der Waals surface area contributed by atoms with Gasteiger partial charge in [-0.3, -0.25) is 0 Å². The van der Waals surface area contributed by atoms with Crippen LogP contribution in [0.2, 0.25) is 0 Å². The molecule has 0 bridgehead atoms. The highest BCUT2D eigenvalue weighted by molar-refractivity contribution is 7.26. The molecule has 0 aliphatic heterocycles. The van der Waals surface area contributed by atoms with Crippen LogP contribution in [0.4, 0.5) is 0 Å². The number of furan rings is 2. The molecule has 1 aliphatic carbocycles. The van der Waals surface area contributed by atoms with Crippen LogP contribution < -0.4 is 0 Å². The van der Waals surface area contributed by atoms with E-state index in [4.69, 9.17) is 8.83 Å². The summed E-state index contributed by atoms with van der Waals surface area (Å²) >= 11 is 1.94. The van der Waals surface area contributed by atoms with Gasteiger partial charge in [0.1, 0.15) is 22.3 Å². The molecule has 0 spiro atoms. The van der Waals surface area contributed by atoms with E-state index in [1.807, 2.05) is 11.3 Å². The van der Waals surface area contributed by atoms with Gasteiger partial charge in [0.2, 0.25) is 0 Å². The van der Waals surface area contributed by atoms with Crippen molar-refractivity contribution in [2.75, 3.05) is 0 Å². The summed E-state index contributed by atoms with van der Waals surface area (Å²) in [5.41, 5.74) is 18.3. The zero-order chi connectivity index (χ0) is 52.5. The van der Waals surface area contributed by atoms with Crippen molar-refractivity contribution in [3.05, 3.63) is 254 Å². The summed E-state index contributed by atoms with van der Waals surface area (Å²) in [6.07, 6.45) is 0. The van der Waals surface area contributed by atoms with Crippen molar-refractivity contribution in [2.45, 2.75) is 19.3 Å². The minimum Gasteiger partial charge on any atom is -0.456 e. The van der Waals surface area contributed by atoms with Crippen LogP contribution in [0.3, 0.4) is 0 Å². The number of hydrogen-bond acceptors (Lipinski definition) is 3. The summed E-state index contributed by atoms with van der Waals surface area (Å²) in [7, 11) is 0. The second-order valence-electron chi connectivity index (χ2n) is 22.5. The molecular weight excluding hydrogens is 989 g/mol. The maximum absolute atomic E-state index is 7.16. The van der Waals surface area contributed by atoms with Gasteiger partial charge in [-0.25, -0.2) is 0 Å². The Kier molecular flexibility index (Phi) is 8.92. The summed E-state index contributed by atoms with van der Waals surface area (Å²) in [5.74, 6) is 0. The van der Waals surface area contributed by atoms with Crippen LogP contribution in [0.25, 0.3) is 174 Å². The lowest BCUT2D eigenvalue weighted by atomic mass is 9.80. The Bertz CT molecular complexity index is 5460. The molecule has 3 heteroatoms. The quantitative estimate of drug-likeness (QED) is 0.164. The molecule has 0 saturated carbocycles. The van der Waals surface area contributed by atoms with E-state index >= 15 is 0 Å². The van der Waals surface area contributed by atoms with Crippen LogP contribution in [0.1, 0.15) is 25.0 Å². The molecule has 18 rings (SSSR count). The predicted molar refractivity (Wildman–Crippen MR) is 341 cm³/mol. The van der Waals surface area contributed by atoms with Crippen LogP contribution in [0.5, 0.6) is 0 Å². The van der Waals surface area contributed by atoms with E-state index in [1.54, 1.807) is 0 Å². The van der Waals surface area contributed by atoms with Crippen molar-refractivity contribution in [3.63, 3.8) is 0 Å². The summed E-state index contributed by atoms with van der Waals surface area (Å²) in [4.78, 5) is 0. The molecule has 372 valence electrons. The average molecular weight is 1040 g/mol. The van der Waals surface area contributed by atoms with E-state index < -0.39 is 0 Å². The highest BCUT2D eigenvalue weighted by Gasteiger charge is 2.41. The Morgan fingerprint density at radius 1 is 0.312 bits per heavy atom. The molecule has 80 heavy (non-hydrogen) atoms. The lowest BCUT2D eigenvalue weighted by Crippen LogP contribution is -2.15. The molecule has 2 nitrogen and oxygen atoms in total. The number of rotatable bonds is 4. The molecule has 0 atom stereocenters. The zero-order valence-corrected chi connectivity index (χ0v) is 44.6. The van der Waals surface area contributed by atoms with Crippen molar-refractivity contribution in [1.29, 1.82) is 0 Å². The van der Waals surface area contributed by atoms with E-state index in [1.165, 1.54) is 146 Å². The fourth-order valence-electron chi connectivity index (χ4n) is 14.5. The maximum atomic E-state index is 7.16. The van der Waals surface area contributed by atoms with Gasteiger partial charge >= 0.3 is 0 Å². The Morgan fingerprint density at radius 3 is 1.41 bits per heavy atom. The summed E-state index contributed by atoms with van der Waals surface area (Å²) < 4.78 is 16.3. The molecule has 0 unspecified atom stereocenters. The number of thiophene rings is 1. The molecule has 3 heterocycles. The van der Waals surface area contributed by atoms with Gasteiger partial charge in [-0.1, -0.05) is 214 Å². The molecule has 17 aromatic rings. The molecule has 14 aromatic carbocycles. The first-order chi connectivity index (χ1) is 39.4. The third-order valence-corrected chi connectivity index (χ3v) is 19.1. The van der Waals surface area contributed by atoms with E-state index in [0.717, 1.165) is 38.5 Å². The fraction of sp³-hybridized carbons (Fsp3) is 0.0390. The second kappa shape index (κ2) is 16.1. The van der Waals surface area contributed by atoms with Gasteiger partial charge in [-0.15, -0.1) is 11.3 Å². The van der Waals surface area contributed by atoms with Gasteiger partial charge in [-0.05, 0) is 158 Å². The molecule has 0 amide bonds. The normalized spacial score (nSPS) is 13.2. The largest absolute Gasteiger partial charge is 0.456 e. The van der Waals surface area contributed by atoms with Crippen LogP contribution >= 0.6 is 11.3 Å². The molecule has 3 aromatic heterocycles. The maximum Gasteiger partial charge on any atom is 0.144 e. The molecule has 0 N–H and O–H groups in total. The summed E-state index contributed by atoms with van der Waals surface area (Å²) in [5, 5.41) is 19.5. The Morgan fingerprint density at radius 2 is 0.787 bits per heavy atom. The molecular formula is C77H46O2S. The van der Waals surface area contributed by atoms with Crippen molar-refractivity contribution < 1.29 is 8.83 Å². The van der Waals surface area contributed by atoms with Gasteiger partial charge in [0.15, 0.2) is 0 Å². The third kappa shape index (κ3) is 5.97. The standard InChI is InChI=1S/C77H46O2S/c1-77(2)62-40-47(69-55-28-14-12-26-53(55)68(54-27-13-15-29-56(54)69)46-34-37-64-60(39-46)61-38-44-20-6-7-21-45(44)41-65(61)78-64)32-35-57(62)73-74(77)76-72(71-58-30-16-17-31-63(58)79-75(71)73)59-36-33-48(42-66(59)80-76)70-51-24-10-8-22-49(51)67(43-18-4-3-5-19-43)50-23-9-11-25-52(50)70/h3-42H,1-2H3. The monoisotopic (exact) mass is 1030 g/mol. The molecule has 0 radical (unpaired) electrons. The molecule has 0 fully saturated rings. The van der Waals surface area contributed by atoms with Crippen molar-refractivity contribution in [2.24, 2.45) is 0 Å². The summed E-state index contributed by atoms with van der Waals surface area (Å²) in [6, 6.07) is 89.8. The van der Waals surface area contributed by atoms with Crippen LogP contribution in [-0.2, 0) is 5.41 Å². The Hall–Kier alpha value is -9.80. The molecule has 0 saturated heterocycles. The third-order valence-electron chi connectivity index (χ3n) is 18.0. The van der Waals surface area contributed by atoms with E-state index in [0.29, 0.717) is 0 Å². The van der Waals surface area contributed by atoms with Gasteiger partial charge in [-0.2, -0.15) is 0 Å². The smallest absolute Gasteiger partial charge is 0.144 e. The SMILES string of the molecule is CC1(C)c2cc(-c3c4ccccc4c(-c4ccc5oc6cc7ccccc7cc6c5c4)c4ccccc34)ccc2-c2c1c1sc3cc(-c4c5ccccc5c(-c5ccccc5)c5ccccc45)ccc3c1c1c2oc2ccccc21. The first-order valence-electron chi connectivity index (χ1n) is 27.7. The minimum atomic E-state index is -0.366. The first kappa shape index (κ1) is 44.2. The first-order valence-corrected chi connectivity index (χ1v) is 28.5. The van der Waals surface area contributed by atoms with E-state index in [2.05, 4.69) is 257 Å².